The Balaban J connectivity index is 1.44. The molecule has 0 aromatic heterocycles. The van der Waals surface area contributed by atoms with Crippen molar-refractivity contribution in [3.05, 3.63) is 95.1 Å². The molecule has 0 saturated heterocycles. The highest BCUT2D eigenvalue weighted by Crippen LogP contribution is 2.30. The molecule has 1 heterocycles. The number of benzene rings is 3. The van der Waals surface area contributed by atoms with Crippen LogP contribution in [0.2, 0.25) is 0 Å². The van der Waals surface area contributed by atoms with E-state index < -0.39 is 0 Å². The van der Waals surface area contributed by atoms with Gasteiger partial charge in [0.25, 0.3) is 5.91 Å². The van der Waals surface area contributed by atoms with Crippen LogP contribution >= 0.6 is 0 Å². The summed E-state index contributed by atoms with van der Waals surface area (Å²) in [4.78, 5) is 26.9. The summed E-state index contributed by atoms with van der Waals surface area (Å²) < 4.78 is 0. The van der Waals surface area contributed by atoms with Gasteiger partial charge in [0.05, 0.1) is 0 Å². The molecule has 4 rings (SSSR count). The molecular formula is C24H23N3O2. The molecule has 5 nitrogen and oxygen atoms in total. The van der Waals surface area contributed by atoms with E-state index in [1.807, 2.05) is 84.6 Å². The second-order valence-corrected chi connectivity index (χ2v) is 7.21. The number of amides is 3. The van der Waals surface area contributed by atoms with E-state index >= 15 is 0 Å². The van der Waals surface area contributed by atoms with Crippen LogP contribution in [0.5, 0.6) is 0 Å². The highest BCUT2D eigenvalue weighted by Gasteiger charge is 2.25. The van der Waals surface area contributed by atoms with Gasteiger partial charge in [-0.3, -0.25) is 4.79 Å². The molecule has 0 radical (unpaired) electrons. The summed E-state index contributed by atoms with van der Waals surface area (Å²) in [5.41, 5.74) is 5.60. The van der Waals surface area contributed by atoms with Gasteiger partial charge in [0.15, 0.2) is 0 Å². The Kier molecular flexibility index (Phi) is 5.29. The number of urea groups is 1. The number of nitrogens with one attached hydrogen (secondary N) is 2. The molecule has 0 saturated carbocycles. The van der Waals surface area contributed by atoms with Crippen LogP contribution < -0.4 is 15.5 Å². The third-order valence-corrected chi connectivity index (χ3v) is 5.07. The van der Waals surface area contributed by atoms with Gasteiger partial charge in [-0.25, -0.2) is 4.79 Å². The predicted molar refractivity (Wildman–Crippen MR) is 115 cm³/mol. The Morgan fingerprint density at radius 2 is 1.72 bits per heavy atom. The number of rotatable bonds is 4. The SMILES string of the molecule is Cc1ccc(C(=O)N2CCc3ccc(CNC(=O)Nc4ccccc4)cc32)cc1. The van der Waals surface area contributed by atoms with Crippen molar-refractivity contribution in [2.45, 2.75) is 19.9 Å². The van der Waals surface area contributed by atoms with Gasteiger partial charge in [-0.2, -0.15) is 0 Å². The van der Waals surface area contributed by atoms with Crippen molar-refractivity contribution >= 4 is 23.3 Å². The number of fused-ring (bicyclic) bond motifs is 1. The van der Waals surface area contributed by atoms with E-state index in [2.05, 4.69) is 10.6 Å². The maximum Gasteiger partial charge on any atom is 0.319 e. The van der Waals surface area contributed by atoms with Gasteiger partial charge >= 0.3 is 6.03 Å². The number of carbonyl (C=O) groups is 2. The molecule has 3 aromatic carbocycles. The molecule has 2 N–H and O–H groups in total. The Morgan fingerprint density at radius 3 is 2.48 bits per heavy atom. The summed E-state index contributed by atoms with van der Waals surface area (Å²) in [5.74, 6) is 0.00989. The average Bonchev–Trinajstić information content (AvgIpc) is 3.16. The maximum atomic E-state index is 12.9. The fourth-order valence-corrected chi connectivity index (χ4v) is 3.48. The molecule has 0 spiro atoms. The molecule has 3 amide bonds. The Bertz CT molecular complexity index is 1030. The van der Waals surface area contributed by atoms with Crippen LogP contribution in [0.3, 0.4) is 0 Å². The van der Waals surface area contributed by atoms with E-state index in [1.165, 1.54) is 0 Å². The number of hydrogen-bond donors (Lipinski definition) is 2. The lowest BCUT2D eigenvalue weighted by Gasteiger charge is -2.18. The van der Waals surface area contributed by atoms with Crippen molar-refractivity contribution in [1.82, 2.24) is 5.32 Å². The number of para-hydroxylation sites is 1. The van der Waals surface area contributed by atoms with E-state index in [9.17, 15) is 9.59 Å². The van der Waals surface area contributed by atoms with E-state index in [-0.39, 0.29) is 11.9 Å². The second kappa shape index (κ2) is 8.19. The molecule has 1 aliphatic rings. The molecule has 0 bridgehead atoms. The Labute approximate surface area is 170 Å². The van der Waals surface area contributed by atoms with Crippen LogP contribution in [-0.2, 0) is 13.0 Å². The van der Waals surface area contributed by atoms with E-state index in [1.54, 1.807) is 0 Å². The van der Waals surface area contributed by atoms with Crippen LogP contribution in [-0.4, -0.2) is 18.5 Å². The normalized spacial score (nSPS) is 12.4. The lowest BCUT2D eigenvalue weighted by atomic mass is 10.1. The first-order chi connectivity index (χ1) is 14.1. The minimum Gasteiger partial charge on any atom is -0.334 e. The number of aryl methyl sites for hydroxylation is 1. The molecule has 5 heteroatoms. The lowest BCUT2D eigenvalue weighted by Crippen LogP contribution is -2.29. The van der Waals surface area contributed by atoms with Crippen molar-refractivity contribution in [2.75, 3.05) is 16.8 Å². The zero-order valence-corrected chi connectivity index (χ0v) is 16.3. The van der Waals surface area contributed by atoms with Crippen LogP contribution in [0.15, 0.2) is 72.8 Å². The molecule has 146 valence electrons. The van der Waals surface area contributed by atoms with E-state index in [0.29, 0.717) is 18.7 Å². The van der Waals surface area contributed by atoms with E-state index in [0.717, 1.165) is 34.5 Å². The van der Waals surface area contributed by atoms with Crippen LogP contribution in [0.4, 0.5) is 16.2 Å². The molecule has 29 heavy (non-hydrogen) atoms. The van der Waals surface area contributed by atoms with Gasteiger partial charge in [0.1, 0.15) is 0 Å². The molecule has 0 aliphatic carbocycles. The van der Waals surface area contributed by atoms with Crippen molar-refractivity contribution in [3.63, 3.8) is 0 Å². The zero-order chi connectivity index (χ0) is 20.2. The fourth-order valence-electron chi connectivity index (χ4n) is 3.48. The van der Waals surface area contributed by atoms with Crippen molar-refractivity contribution in [2.24, 2.45) is 0 Å². The van der Waals surface area contributed by atoms with Gasteiger partial charge in [-0.1, -0.05) is 48.0 Å². The first kappa shape index (κ1) is 18.7. The molecule has 0 fully saturated rings. The first-order valence-corrected chi connectivity index (χ1v) is 9.70. The predicted octanol–water partition coefficient (Wildman–Crippen LogP) is 4.52. The van der Waals surface area contributed by atoms with Crippen molar-refractivity contribution in [1.29, 1.82) is 0 Å². The van der Waals surface area contributed by atoms with Gasteiger partial charge in [0, 0.05) is 30.0 Å². The molecular weight excluding hydrogens is 362 g/mol. The first-order valence-electron chi connectivity index (χ1n) is 9.70. The van der Waals surface area contributed by atoms with Crippen LogP contribution in [0.25, 0.3) is 0 Å². The summed E-state index contributed by atoms with van der Waals surface area (Å²) in [6, 6.07) is 22.7. The number of nitrogens with zero attached hydrogens (tertiary/aromatic N) is 1. The summed E-state index contributed by atoms with van der Waals surface area (Å²) in [6.07, 6.45) is 0.842. The zero-order valence-electron chi connectivity index (χ0n) is 16.3. The smallest absolute Gasteiger partial charge is 0.319 e. The summed E-state index contributed by atoms with van der Waals surface area (Å²) in [7, 11) is 0. The van der Waals surface area contributed by atoms with Gasteiger partial charge in [-0.15, -0.1) is 0 Å². The van der Waals surface area contributed by atoms with Crippen molar-refractivity contribution < 1.29 is 9.59 Å². The minimum absolute atomic E-state index is 0.00989. The topological polar surface area (TPSA) is 61.4 Å². The summed E-state index contributed by atoms with van der Waals surface area (Å²) in [6.45, 7) is 3.07. The third kappa shape index (κ3) is 4.29. The van der Waals surface area contributed by atoms with Gasteiger partial charge in [0.2, 0.25) is 0 Å². The molecule has 3 aromatic rings. The Morgan fingerprint density at radius 1 is 0.966 bits per heavy atom. The summed E-state index contributed by atoms with van der Waals surface area (Å²) >= 11 is 0. The van der Waals surface area contributed by atoms with Crippen LogP contribution in [0, 0.1) is 6.92 Å². The Hall–Kier alpha value is -3.60. The molecule has 0 unspecified atom stereocenters. The second-order valence-electron chi connectivity index (χ2n) is 7.21. The number of anilines is 2. The van der Waals surface area contributed by atoms with Gasteiger partial charge in [-0.05, 0) is 54.8 Å². The highest BCUT2D eigenvalue weighted by atomic mass is 16.2. The van der Waals surface area contributed by atoms with Crippen molar-refractivity contribution in [3.8, 4) is 0 Å². The average molecular weight is 385 g/mol. The maximum absolute atomic E-state index is 12.9. The molecule has 0 atom stereocenters. The number of hydrogen-bond acceptors (Lipinski definition) is 2. The molecule has 1 aliphatic heterocycles. The highest BCUT2D eigenvalue weighted by molar-refractivity contribution is 6.07. The third-order valence-electron chi connectivity index (χ3n) is 5.07. The van der Waals surface area contributed by atoms with Gasteiger partial charge < -0.3 is 15.5 Å². The standard InChI is InChI=1S/C24H23N3O2/c1-17-7-10-20(11-8-17)23(28)27-14-13-19-12-9-18(15-22(19)27)16-25-24(29)26-21-5-3-2-4-6-21/h2-12,15H,13-14,16H2,1H3,(H2,25,26,29). The number of carbonyl (C=O) groups excluding carboxylic acids is 2. The largest absolute Gasteiger partial charge is 0.334 e. The lowest BCUT2D eigenvalue weighted by molar-refractivity contribution is 0.0989. The quantitative estimate of drug-likeness (QED) is 0.694. The minimum atomic E-state index is -0.260. The van der Waals surface area contributed by atoms with Crippen LogP contribution in [0.1, 0.15) is 27.0 Å². The monoisotopic (exact) mass is 385 g/mol. The summed E-state index contributed by atoms with van der Waals surface area (Å²) in [5, 5.41) is 5.67. The van der Waals surface area contributed by atoms with E-state index in [4.69, 9.17) is 0 Å². The fraction of sp³-hybridized carbons (Fsp3) is 0.167.